The molecular weight excluding hydrogens is 278 g/mol. The van der Waals surface area contributed by atoms with Gasteiger partial charge < -0.3 is 15.2 Å². The Morgan fingerprint density at radius 1 is 1.18 bits per heavy atom. The maximum atomic E-state index is 12.2. The highest BCUT2D eigenvalue weighted by atomic mass is 16.5. The fourth-order valence-electron chi connectivity index (χ4n) is 2.32. The van der Waals surface area contributed by atoms with Crippen molar-refractivity contribution in [2.75, 3.05) is 13.7 Å². The first-order chi connectivity index (χ1) is 10.5. The summed E-state index contributed by atoms with van der Waals surface area (Å²) < 4.78 is 5.22. The number of amides is 1. The van der Waals surface area contributed by atoms with E-state index < -0.39 is 6.10 Å². The average Bonchev–Trinajstić information content (AvgIpc) is 2.53. The van der Waals surface area contributed by atoms with Crippen LogP contribution in [-0.4, -0.2) is 24.7 Å². The van der Waals surface area contributed by atoms with Crippen molar-refractivity contribution in [1.29, 1.82) is 0 Å². The molecule has 0 aliphatic rings. The molecule has 0 saturated heterocycles. The molecule has 0 radical (unpaired) electrons. The molecule has 0 saturated carbocycles. The standard InChI is InChI=1S/C18H21NO3/c1-12-6-4-5-7-15(12)16(20)11-19-18(21)14-9-8-13(2)17(10-14)22-3/h4-10,16,20H,11H2,1-3H3,(H,19,21). The number of ether oxygens (including phenoxy) is 1. The first kappa shape index (κ1) is 16.0. The van der Waals surface area contributed by atoms with Gasteiger partial charge >= 0.3 is 0 Å². The van der Waals surface area contributed by atoms with E-state index in [1.807, 2.05) is 44.2 Å². The smallest absolute Gasteiger partial charge is 0.251 e. The van der Waals surface area contributed by atoms with Gasteiger partial charge in [-0.05, 0) is 42.7 Å². The third-order valence-electron chi connectivity index (χ3n) is 3.67. The largest absolute Gasteiger partial charge is 0.496 e. The van der Waals surface area contributed by atoms with Gasteiger partial charge in [-0.25, -0.2) is 0 Å². The Bertz CT molecular complexity index is 667. The highest BCUT2D eigenvalue weighted by Gasteiger charge is 2.13. The van der Waals surface area contributed by atoms with Crippen LogP contribution in [0, 0.1) is 13.8 Å². The molecule has 2 aromatic carbocycles. The lowest BCUT2D eigenvalue weighted by molar-refractivity contribution is 0.0915. The van der Waals surface area contributed by atoms with Crippen molar-refractivity contribution in [1.82, 2.24) is 5.32 Å². The van der Waals surface area contributed by atoms with Crippen molar-refractivity contribution >= 4 is 5.91 Å². The predicted molar refractivity (Wildman–Crippen MR) is 86.2 cm³/mol. The molecule has 2 N–H and O–H groups in total. The Balaban J connectivity index is 2.02. The minimum Gasteiger partial charge on any atom is -0.496 e. The highest BCUT2D eigenvalue weighted by Crippen LogP contribution is 2.19. The Morgan fingerprint density at radius 2 is 1.91 bits per heavy atom. The van der Waals surface area contributed by atoms with Crippen LogP contribution in [0.2, 0.25) is 0 Å². The Labute approximate surface area is 130 Å². The number of rotatable bonds is 5. The zero-order chi connectivity index (χ0) is 16.1. The van der Waals surface area contributed by atoms with Crippen LogP contribution in [0.15, 0.2) is 42.5 Å². The van der Waals surface area contributed by atoms with Crippen LogP contribution in [0.25, 0.3) is 0 Å². The molecule has 0 aliphatic heterocycles. The van der Waals surface area contributed by atoms with Gasteiger partial charge in [-0.3, -0.25) is 4.79 Å². The average molecular weight is 299 g/mol. The summed E-state index contributed by atoms with van der Waals surface area (Å²) >= 11 is 0. The van der Waals surface area contributed by atoms with E-state index in [4.69, 9.17) is 4.74 Å². The van der Waals surface area contributed by atoms with E-state index in [0.717, 1.165) is 16.7 Å². The summed E-state index contributed by atoms with van der Waals surface area (Å²) in [6.45, 7) is 4.02. The first-order valence-electron chi connectivity index (χ1n) is 7.19. The van der Waals surface area contributed by atoms with Gasteiger partial charge in [0.15, 0.2) is 0 Å². The Kier molecular flexibility index (Phi) is 5.17. The van der Waals surface area contributed by atoms with Crippen molar-refractivity contribution in [2.24, 2.45) is 0 Å². The van der Waals surface area contributed by atoms with Crippen LogP contribution in [0.5, 0.6) is 5.75 Å². The van der Waals surface area contributed by atoms with E-state index >= 15 is 0 Å². The molecule has 1 atom stereocenters. The summed E-state index contributed by atoms with van der Waals surface area (Å²) in [6, 6.07) is 12.9. The molecule has 1 unspecified atom stereocenters. The molecule has 0 aromatic heterocycles. The van der Waals surface area contributed by atoms with E-state index in [2.05, 4.69) is 5.32 Å². The number of nitrogens with one attached hydrogen (secondary N) is 1. The number of benzene rings is 2. The summed E-state index contributed by atoms with van der Waals surface area (Å²) in [6.07, 6.45) is -0.725. The van der Waals surface area contributed by atoms with Gasteiger partial charge in [0.1, 0.15) is 5.75 Å². The summed E-state index contributed by atoms with van der Waals surface area (Å²) in [4.78, 5) is 12.2. The highest BCUT2D eigenvalue weighted by molar-refractivity contribution is 5.94. The van der Waals surface area contributed by atoms with E-state index in [9.17, 15) is 9.90 Å². The molecule has 0 fully saturated rings. The summed E-state index contributed by atoms with van der Waals surface area (Å²) in [5.74, 6) is 0.443. The van der Waals surface area contributed by atoms with E-state index in [1.165, 1.54) is 0 Å². The molecule has 116 valence electrons. The van der Waals surface area contributed by atoms with Crippen molar-refractivity contribution in [2.45, 2.75) is 20.0 Å². The summed E-state index contributed by atoms with van der Waals surface area (Å²) in [5.41, 5.74) is 3.31. The lowest BCUT2D eigenvalue weighted by atomic mass is 10.0. The zero-order valence-electron chi connectivity index (χ0n) is 13.1. The monoisotopic (exact) mass is 299 g/mol. The molecule has 4 nitrogen and oxygen atoms in total. The number of carbonyl (C=O) groups is 1. The number of aliphatic hydroxyl groups excluding tert-OH is 1. The van der Waals surface area contributed by atoms with Gasteiger partial charge in [-0.1, -0.05) is 30.3 Å². The molecule has 2 rings (SSSR count). The second-order valence-electron chi connectivity index (χ2n) is 5.27. The van der Waals surface area contributed by atoms with Crippen LogP contribution in [0.1, 0.15) is 33.2 Å². The number of hydrogen-bond donors (Lipinski definition) is 2. The fourth-order valence-corrected chi connectivity index (χ4v) is 2.32. The van der Waals surface area contributed by atoms with Crippen LogP contribution in [0.3, 0.4) is 0 Å². The van der Waals surface area contributed by atoms with E-state index in [0.29, 0.717) is 11.3 Å². The van der Waals surface area contributed by atoms with Gasteiger partial charge in [0.25, 0.3) is 5.91 Å². The zero-order valence-corrected chi connectivity index (χ0v) is 13.1. The Morgan fingerprint density at radius 3 is 2.59 bits per heavy atom. The number of carbonyl (C=O) groups excluding carboxylic acids is 1. The lowest BCUT2D eigenvalue weighted by Gasteiger charge is -2.15. The second-order valence-corrected chi connectivity index (χ2v) is 5.27. The molecule has 0 aliphatic carbocycles. The molecule has 0 heterocycles. The van der Waals surface area contributed by atoms with Crippen LogP contribution >= 0.6 is 0 Å². The minimum absolute atomic E-state index is 0.167. The predicted octanol–water partition coefficient (Wildman–Crippen LogP) is 2.78. The lowest BCUT2D eigenvalue weighted by Crippen LogP contribution is -2.28. The SMILES string of the molecule is COc1cc(C(=O)NCC(O)c2ccccc2C)ccc1C. The molecule has 1 amide bonds. The number of methoxy groups -OCH3 is 1. The quantitative estimate of drug-likeness (QED) is 0.892. The third-order valence-corrected chi connectivity index (χ3v) is 3.67. The molecule has 0 bridgehead atoms. The van der Waals surface area contributed by atoms with E-state index in [-0.39, 0.29) is 12.5 Å². The van der Waals surface area contributed by atoms with Crippen molar-refractivity contribution in [3.8, 4) is 5.75 Å². The van der Waals surface area contributed by atoms with Gasteiger partial charge in [0.05, 0.1) is 13.2 Å². The van der Waals surface area contributed by atoms with Crippen molar-refractivity contribution in [3.05, 3.63) is 64.7 Å². The molecule has 0 spiro atoms. The molecule has 4 heteroatoms. The fraction of sp³-hybridized carbons (Fsp3) is 0.278. The maximum Gasteiger partial charge on any atom is 0.251 e. The molecule has 2 aromatic rings. The minimum atomic E-state index is -0.725. The normalized spacial score (nSPS) is 11.8. The summed E-state index contributed by atoms with van der Waals surface area (Å²) in [5, 5.41) is 13.0. The second kappa shape index (κ2) is 7.09. The van der Waals surface area contributed by atoms with Gasteiger partial charge in [-0.15, -0.1) is 0 Å². The van der Waals surface area contributed by atoms with Crippen LogP contribution in [0.4, 0.5) is 0 Å². The van der Waals surface area contributed by atoms with Crippen LogP contribution in [-0.2, 0) is 0 Å². The number of hydrogen-bond acceptors (Lipinski definition) is 3. The van der Waals surface area contributed by atoms with E-state index in [1.54, 1.807) is 19.2 Å². The van der Waals surface area contributed by atoms with Gasteiger partial charge in [0, 0.05) is 12.1 Å². The van der Waals surface area contributed by atoms with Crippen LogP contribution < -0.4 is 10.1 Å². The number of aliphatic hydroxyl groups is 1. The van der Waals surface area contributed by atoms with Gasteiger partial charge in [0.2, 0.25) is 0 Å². The molecule has 22 heavy (non-hydrogen) atoms. The Hall–Kier alpha value is -2.33. The summed E-state index contributed by atoms with van der Waals surface area (Å²) in [7, 11) is 1.58. The number of aryl methyl sites for hydroxylation is 2. The van der Waals surface area contributed by atoms with Gasteiger partial charge in [-0.2, -0.15) is 0 Å². The first-order valence-corrected chi connectivity index (χ1v) is 7.19. The van der Waals surface area contributed by atoms with Crippen molar-refractivity contribution in [3.63, 3.8) is 0 Å². The third kappa shape index (κ3) is 3.65. The van der Waals surface area contributed by atoms with Crippen molar-refractivity contribution < 1.29 is 14.6 Å². The topological polar surface area (TPSA) is 58.6 Å². The maximum absolute atomic E-state index is 12.2. The molecular formula is C18H21NO3.